The van der Waals surface area contributed by atoms with E-state index in [0.29, 0.717) is 22.8 Å². The lowest BCUT2D eigenvalue weighted by Gasteiger charge is -2.06. The molecular weight excluding hydrogens is 314 g/mol. The Labute approximate surface area is 138 Å². The van der Waals surface area contributed by atoms with Crippen LogP contribution >= 0.6 is 11.8 Å². The molecule has 4 rings (SSSR count). The van der Waals surface area contributed by atoms with E-state index in [9.17, 15) is 4.79 Å². The van der Waals surface area contributed by atoms with E-state index in [0.717, 1.165) is 30.4 Å². The molecular formula is C16H17N3O3S. The van der Waals surface area contributed by atoms with E-state index in [1.165, 1.54) is 24.6 Å². The number of aryl methyl sites for hydroxylation is 1. The minimum Gasteiger partial charge on any atom is -0.454 e. The van der Waals surface area contributed by atoms with Crippen molar-refractivity contribution in [2.45, 2.75) is 37.4 Å². The van der Waals surface area contributed by atoms with Crippen molar-refractivity contribution >= 4 is 17.5 Å². The number of carbonyl (C=O) groups is 1. The summed E-state index contributed by atoms with van der Waals surface area (Å²) >= 11 is 1.45. The predicted molar refractivity (Wildman–Crippen MR) is 85.2 cm³/mol. The standard InChI is InChI=1S/C16H17N3O3S/c20-12(11-5-6-13-14(8-11)22-10-21-13)9-23-16-18-17-15-4-2-1-3-7-19(15)16/h5-6,8H,1-4,7,9-10H2. The third kappa shape index (κ3) is 2.93. The van der Waals surface area contributed by atoms with E-state index in [4.69, 9.17) is 9.47 Å². The zero-order valence-electron chi connectivity index (χ0n) is 12.7. The van der Waals surface area contributed by atoms with Gasteiger partial charge in [0.05, 0.1) is 5.75 Å². The number of Topliss-reactive ketones (excluding diaryl/α,β-unsaturated/α-hetero) is 1. The predicted octanol–water partition coefficient (Wildman–Crippen LogP) is 2.71. The van der Waals surface area contributed by atoms with Gasteiger partial charge < -0.3 is 14.0 Å². The summed E-state index contributed by atoms with van der Waals surface area (Å²) in [6.07, 6.45) is 4.51. The van der Waals surface area contributed by atoms with Crippen LogP contribution in [0.2, 0.25) is 0 Å². The Bertz CT molecular complexity index is 744. The van der Waals surface area contributed by atoms with Crippen LogP contribution in [0.25, 0.3) is 0 Å². The Morgan fingerprint density at radius 3 is 3.04 bits per heavy atom. The van der Waals surface area contributed by atoms with Gasteiger partial charge in [0, 0.05) is 18.5 Å². The van der Waals surface area contributed by atoms with Gasteiger partial charge in [0.1, 0.15) is 5.82 Å². The van der Waals surface area contributed by atoms with E-state index in [1.54, 1.807) is 18.2 Å². The lowest BCUT2D eigenvalue weighted by Crippen LogP contribution is -2.06. The minimum atomic E-state index is 0.0549. The summed E-state index contributed by atoms with van der Waals surface area (Å²) < 4.78 is 12.7. The average molecular weight is 331 g/mol. The molecule has 0 spiro atoms. The first kappa shape index (κ1) is 14.6. The van der Waals surface area contributed by atoms with Crippen LogP contribution in [0.5, 0.6) is 11.5 Å². The molecule has 0 amide bonds. The summed E-state index contributed by atoms with van der Waals surface area (Å²) in [6.45, 7) is 1.16. The molecule has 1 aromatic heterocycles. The zero-order chi connectivity index (χ0) is 15.6. The fourth-order valence-corrected chi connectivity index (χ4v) is 3.73. The summed E-state index contributed by atoms with van der Waals surface area (Å²) in [5.41, 5.74) is 0.636. The van der Waals surface area contributed by atoms with Crippen molar-refractivity contribution in [1.29, 1.82) is 0 Å². The van der Waals surface area contributed by atoms with Gasteiger partial charge in [-0.1, -0.05) is 18.2 Å². The number of ketones is 1. The molecule has 0 N–H and O–H groups in total. The van der Waals surface area contributed by atoms with Crippen LogP contribution in [0.1, 0.15) is 35.4 Å². The molecule has 0 fully saturated rings. The highest BCUT2D eigenvalue weighted by Gasteiger charge is 2.19. The average Bonchev–Trinajstić information content (AvgIpc) is 3.12. The van der Waals surface area contributed by atoms with Crippen molar-refractivity contribution in [2.24, 2.45) is 0 Å². The van der Waals surface area contributed by atoms with Crippen LogP contribution in [0.4, 0.5) is 0 Å². The quantitative estimate of drug-likeness (QED) is 0.634. The Kier molecular flexibility index (Phi) is 3.95. The molecule has 0 unspecified atom stereocenters. The van der Waals surface area contributed by atoms with Crippen LogP contribution < -0.4 is 9.47 Å². The van der Waals surface area contributed by atoms with E-state index >= 15 is 0 Å². The first-order valence-corrected chi connectivity index (χ1v) is 8.77. The number of nitrogens with zero attached hydrogens (tertiary/aromatic N) is 3. The Morgan fingerprint density at radius 2 is 2.09 bits per heavy atom. The molecule has 0 radical (unpaired) electrons. The number of benzene rings is 1. The van der Waals surface area contributed by atoms with E-state index in [2.05, 4.69) is 14.8 Å². The molecule has 23 heavy (non-hydrogen) atoms. The lowest BCUT2D eigenvalue weighted by molar-refractivity contribution is 0.102. The Balaban J connectivity index is 1.45. The van der Waals surface area contributed by atoms with Crippen molar-refractivity contribution in [1.82, 2.24) is 14.8 Å². The SMILES string of the molecule is O=C(CSc1nnc2n1CCCCC2)c1ccc2c(c1)OCO2. The molecule has 2 aromatic rings. The number of thioether (sulfide) groups is 1. The number of hydrogen-bond acceptors (Lipinski definition) is 6. The molecule has 3 heterocycles. The van der Waals surface area contributed by atoms with E-state index < -0.39 is 0 Å². The highest BCUT2D eigenvalue weighted by Crippen LogP contribution is 2.33. The second-order valence-electron chi connectivity index (χ2n) is 5.64. The molecule has 0 bridgehead atoms. The molecule has 0 saturated heterocycles. The van der Waals surface area contributed by atoms with Gasteiger partial charge in [-0.25, -0.2) is 0 Å². The van der Waals surface area contributed by atoms with Gasteiger partial charge in [-0.2, -0.15) is 0 Å². The third-order valence-corrected chi connectivity index (χ3v) is 5.07. The molecule has 0 saturated carbocycles. The van der Waals surface area contributed by atoms with Crippen LogP contribution in [-0.4, -0.2) is 33.1 Å². The first-order chi connectivity index (χ1) is 11.3. The second kappa shape index (κ2) is 6.23. The van der Waals surface area contributed by atoms with Gasteiger partial charge in [-0.15, -0.1) is 10.2 Å². The van der Waals surface area contributed by atoms with Crippen LogP contribution in [0, 0.1) is 0 Å². The fourth-order valence-electron chi connectivity index (χ4n) is 2.85. The molecule has 0 atom stereocenters. The fraction of sp³-hybridized carbons (Fsp3) is 0.438. The maximum Gasteiger partial charge on any atom is 0.231 e. The van der Waals surface area contributed by atoms with Crippen molar-refractivity contribution in [3.63, 3.8) is 0 Å². The number of ether oxygens (including phenoxy) is 2. The summed E-state index contributed by atoms with van der Waals surface area (Å²) in [4.78, 5) is 12.4. The number of carbonyl (C=O) groups excluding carboxylic acids is 1. The van der Waals surface area contributed by atoms with Crippen LogP contribution in [0.15, 0.2) is 23.4 Å². The summed E-state index contributed by atoms with van der Waals surface area (Å²) in [5, 5.41) is 9.34. The number of rotatable bonds is 4. The van der Waals surface area contributed by atoms with Crippen molar-refractivity contribution in [2.75, 3.05) is 12.5 Å². The van der Waals surface area contributed by atoms with Gasteiger partial charge in [0.25, 0.3) is 0 Å². The Morgan fingerprint density at radius 1 is 1.17 bits per heavy atom. The van der Waals surface area contributed by atoms with Crippen molar-refractivity contribution in [3.8, 4) is 11.5 Å². The monoisotopic (exact) mass is 331 g/mol. The zero-order valence-corrected chi connectivity index (χ0v) is 13.5. The molecule has 0 aliphatic carbocycles. The summed E-state index contributed by atoms with van der Waals surface area (Å²) in [7, 11) is 0. The first-order valence-electron chi connectivity index (χ1n) is 7.79. The van der Waals surface area contributed by atoms with E-state index in [-0.39, 0.29) is 12.6 Å². The van der Waals surface area contributed by atoms with E-state index in [1.807, 2.05) is 0 Å². The maximum absolute atomic E-state index is 12.4. The minimum absolute atomic E-state index is 0.0549. The largest absolute Gasteiger partial charge is 0.454 e. The van der Waals surface area contributed by atoms with Gasteiger partial charge in [0.2, 0.25) is 6.79 Å². The number of aromatic nitrogens is 3. The molecule has 2 aliphatic rings. The van der Waals surface area contributed by atoms with Crippen molar-refractivity contribution < 1.29 is 14.3 Å². The van der Waals surface area contributed by atoms with Crippen LogP contribution in [0.3, 0.4) is 0 Å². The van der Waals surface area contributed by atoms with Gasteiger partial charge in [0.15, 0.2) is 22.4 Å². The highest BCUT2D eigenvalue weighted by molar-refractivity contribution is 7.99. The second-order valence-corrected chi connectivity index (χ2v) is 6.58. The van der Waals surface area contributed by atoms with Gasteiger partial charge >= 0.3 is 0 Å². The lowest BCUT2D eigenvalue weighted by atomic mass is 10.1. The topological polar surface area (TPSA) is 66.2 Å². The van der Waals surface area contributed by atoms with Gasteiger partial charge in [-0.3, -0.25) is 4.79 Å². The smallest absolute Gasteiger partial charge is 0.231 e. The van der Waals surface area contributed by atoms with Crippen LogP contribution in [-0.2, 0) is 13.0 Å². The van der Waals surface area contributed by atoms with Gasteiger partial charge in [-0.05, 0) is 31.0 Å². The maximum atomic E-state index is 12.4. The third-order valence-electron chi connectivity index (χ3n) is 4.10. The molecule has 7 heteroatoms. The Hall–Kier alpha value is -2.02. The highest BCUT2D eigenvalue weighted by atomic mass is 32.2. The summed E-state index contributed by atoms with van der Waals surface area (Å²) in [6, 6.07) is 5.31. The molecule has 1 aromatic carbocycles. The molecule has 120 valence electrons. The van der Waals surface area contributed by atoms with Crippen molar-refractivity contribution in [3.05, 3.63) is 29.6 Å². The molecule has 6 nitrogen and oxygen atoms in total. The number of fused-ring (bicyclic) bond motifs is 2. The molecule has 2 aliphatic heterocycles. The summed E-state index contributed by atoms with van der Waals surface area (Å²) in [5.74, 6) is 2.77. The number of hydrogen-bond donors (Lipinski definition) is 0. The normalized spacial score (nSPS) is 16.0.